The van der Waals surface area contributed by atoms with Crippen molar-refractivity contribution in [2.24, 2.45) is 0 Å². The van der Waals surface area contributed by atoms with Gasteiger partial charge in [-0.2, -0.15) is 0 Å². The van der Waals surface area contributed by atoms with Gasteiger partial charge in [0.05, 0.1) is 26.7 Å². The molecular weight excluding hydrogens is 324 g/mol. The minimum atomic E-state index is -0.719. The summed E-state index contributed by atoms with van der Waals surface area (Å²) in [6.45, 7) is 0. The Hall–Kier alpha value is -3.28. The minimum Gasteiger partial charge on any atom is -0.497 e. The van der Waals surface area contributed by atoms with Crippen LogP contribution in [0.2, 0.25) is 0 Å². The molecule has 3 aromatic rings. The van der Waals surface area contributed by atoms with Gasteiger partial charge >= 0.3 is 5.63 Å². The maximum absolute atomic E-state index is 12.7. The van der Waals surface area contributed by atoms with Crippen molar-refractivity contribution in [1.29, 1.82) is 0 Å². The molecule has 0 aliphatic carbocycles. The van der Waals surface area contributed by atoms with Crippen molar-refractivity contribution in [2.75, 3.05) is 21.3 Å². The zero-order valence-electron chi connectivity index (χ0n) is 14.0. The van der Waals surface area contributed by atoms with Crippen LogP contribution in [-0.4, -0.2) is 27.1 Å². The number of hydrogen-bond donors (Lipinski definition) is 0. The molecule has 2 aromatic carbocycles. The summed E-state index contributed by atoms with van der Waals surface area (Å²) in [6.07, 6.45) is 0. The Balaban J connectivity index is 2.13. The van der Waals surface area contributed by atoms with Crippen molar-refractivity contribution < 1.29 is 23.4 Å². The molecule has 0 radical (unpaired) electrons. The van der Waals surface area contributed by atoms with E-state index in [4.69, 9.17) is 18.6 Å². The molecule has 0 saturated heterocycles. The lowest BCUT2D eigenvalue weighted by atomic mass is 10.0. The van der Waals surface area contributed by atoms with Gasteiger partial charge in [0.25, 0.3) is 0 Å². The van der Waals surface area contributed by atoms with Crippen LogP contribution in [0, 0.1) is 0 Å². The van der Waals surface area contributed by atoms with Crippen molar-refractivity contribution in [3.63, 3.8) is 0 Å². The van der Waals surface area contributed by atoms with Crippen LogP contribution in [0.1, 0.15) is 15.9 Å². The number of hydrogen-bond acceptors (Lipinski definition) is 6. The molecule has 0 bridgehead atoms. The van der Waals surface area contributed by atoms with E-state index < -0.39 is 11.4 Å². The highest BCUT2D eigenvalue weighted by molar-refractivity contribution is 6.10. The van der Waals surface area contributed by atoms with Gasteiger partial charge < -0.3 is 18.6 Å². The summed E-state index contributed by atoms with van der Waals surface area (Å²) < 4.78 is 20.8. The molecule has 0 N–H and O–H groups in total. The average Bonchev–Trinajstić information content (AvgIpc) is 2.65. The average molecular weight is 340 g/mol. The van der Waals surface area contributed by atoms with Gasteiger partial charge in [0.2, 0.25) is 0 Å². The van der Waals surface area contributed by atoms with Crippen LogP contribution in [0.25, 0.3) is 11.0 Å². The maximum Gasteiger partial charge on any atom is 0.347 e. The predicted octanol–water partition coefficient (Wildman–Crippen LogP) is 3.05. The number of carbonyl (C=O) groups excluding carboxylic acids is 1. The van der Waals surface area contributed by atoms with Gasteiger partial charge in [0.1, 0.15) is 28.4 Å². The van der Waals surface area contributed by atoms with Crippen molar-refractivity contribution in [2.45, 2.75) is 0 Å². The molecule has 0 saturated carbocycles. The van der Waals surface area contributed by atoms with Gasteiger partial charge in [-0.3, -0.25) is 4.79 Å². The van der Waals surface area contributed by atoms with E-state index in [1.54, 1.807) is 36.4 Å². The monoisotopic (exact) mass is 340 g/mol. The Morgan fingerprint density at radius 1 is 0.880 bits per heavy atom. The third-order valence-electron chi connectivity index (χ3n) is 3.84. The predicted molar refractivity (Wildman–Crippen MR) is 92.0 cm³/mol. The highest BCUT2D eigenvalue weighted by atomic mass is 16.5. The van der Waals surface area contributed by atoms with Crippen LogP contribution in [0.3, 0.4) is 0 Å². The van der Waals surface area contributed by atoms with Crippen molar-refractivity contribution in [3.05, 3.63) is 64.0 Å². The largest absolute Gasteiger partial charge is 0.497 e. The zero-order valence-corrected chi connectivity index (χ0v) is 14.0. The number of ketones is 1. The molecule has 0 aliphatic rings. The molecule has 128 valence electrons. The Morgan fingerprint density at radius 3 is 2.16 bits per heavy atom. The Bertz CT molecular complexity index is 985. The van der Waals surface area contributed by atoms with E-state index in [2.05, 4.69) is 0 Å². The Morgan fingerprint density at radius 2 is 1.56 bits per heavy atom. The summed E-state index contributed by atoms with van der Waals surface area (Å²) in [5, 5.41) is 0.514. The molecule has 0 aliphatic heterocycles. The van der Waals surface area contributed by atoms with Crippen molar-refractivity contribution >= 4 is 16.8 Å². The lowest BCUT2D eigenvalue weighted by molar-refractivity contribution is 0.103. The fourth-order valence-electron chi connectivity index (χ4n) is 2.50. The van der Waals surface area contributed by atoms with E-state index in [0.717, 1.165) is 0 Å². The van der Waals surface area contributed by atoms with Gasteiger partial charge in [0.15, 0.2) is 5.78 Å². The summed E-state index contributed by atoms with van der Waals surface area (Å²) in [7, 11) is 4.53. The molecule has 0 amide bonds. The van der Waals surface area contributed by atoms with Gasteiger partial charge in [-0.25, -0.2) is 4.79 Å². The second-order valence-corrected chi connectivity index (χ2v) is 5.25. The van der Waals surface area contributed by atoms with E-state index in [1.165, 1.54) is 27.4 Å². The summed E-state index contributed by atoms with van der Waals surface area (Å²) in [6, 6.07) is 11.2. The molecule has 6 nitrogen and oxygen atoms in total. The van der Waals surface area contributed by atoms with Gasteiger partial charge in [-0.1, -0.05) is 0 Å². The Kier molecular flexibility index (Phi) is 4.43. The molecule has 0 fully saturated rings. The Labute approximate surface area is 143 Å². The van der Waals surface area contributed by atoms with E-state index in [9.17, 15) is 9.59 Å². The van der Waals surface area contributed by atoms with Gasteiger partial charge in [-0.15, -0.1) is 0 Å². The van der Waals surface area contributed by atoms with E-state index in [1.807, 2.05) is 0 Å². The third-order valence-corrected chi connectivity index (χ3v) is 3.84. The summed E-state index contributed by atoms with van der Waals surface area (Å²) in [5.74, 6) is 1.12. The maximum atomic E-state index is 12.7. The molecule has 3 rings (SSSR count). The molecule has 1 heterocycles. The molecule has 25 heavy (non-hydrogen) atoms. The fraction of sp³-hybridized carbons (Fsp3) is 0.158. The molecule has 0 spiro atoms. The molecule has 6 heteroatoms. The van der Waals surface area contributed by atoms with Crippen LogP contribution < -0.4 is 19.8 Å². The second kappa shape index (κ2) is 6.68. The number of rotatable bonds is 5. The first-order chi connectivity index (χ1) is 12.1. The second-order valence-electron chi connectivity index (χ2n) is 5.25. The van der Waals surface area contributed by atoms with Gasteiger partial charge in [0, 0.05) is 17.7 Å². The number of carbonyl (C=O) groups is 1. The minimum absolute atomic E-state index is 0.0684. The van der Waals surface area contributed by atoms with Crippen LogP contribution in [-0.2, 0) is 0 Å². The van der Waals surface area contributed by atoms with Crippen molar-refractivity contribution in [1.82, 2.24) is 0 Å². The number of fused-ring (bicyclic) bond motifs is 1. The third kappa shape index (κ3) is 3.06. The summed E-state index contributed by atoms with van der Waals surface area (Å²) in [4.78, 5) is 24.9. The quantitative estimate of drug-likeness (QED) is 0.525. The van der Waals surface area contributed by atoms with Crippen molar-refractivity contribution in [3.8, 4) is 17.2 Å². The van der Waals surface area contributed by atoms with Crippen LogP contribution in [0.15, 0.2) is 51.7 Å². The highest BCUT2D eigenvalue weighted by Gasteiger charge is 2.18. The van der Waals surface area contributed by atoms with Crippen LogP contribution >= 0.6 is 0 Å². The number of ether oxygens (including phenoxy) is 3. The summed E-state index contributed by atoms with van der Waals surface area (Å²) >= 11 is 0. The number of methoxy groups -OCH3 is 3. The highest BCUT2D eigenvalue weighted by Crippen LogP contribution is 2.31. The van der Waals surface area contributed by atoms with E-state index in [0.29, 0.717) is 28.2 Å². The fourth-order valence-corrected chi connectivity index (χ4v) is 2.50. The van der Waals surface area contributed by atoms with E-state index in [-0.39, 0.29) is 11.1 Å². The smallest absolute Gasteiger partial charge is 0.347 e. The van der Waals surface area contributed by atoms with E-state index >= 15 is 0 Å². The SMILES string of the molecule is COc1ccc(C(=O)c2cc3c(OC)cc(OC)cc3oc2=O)cc1. The molecule has 1 aromatic heterocycles. The molecule has 0 unspecified atom stereocenters. The topological polar surface area (TPSA) is 75.0 Å². The van der Waals surface area contributed by atoms with Gasteiger partial charge in [-0.05, 0) is 30.3 Å². The first-order valence-corrected chi connectivity index (χ1v) is 7.46. The first-order valence-electron chi connectivity index (χ1n) is 7.46. The lowest BCUT2D eigenvalue weighted by Gasteiger charge is -2.09. The lowest BCUT2D eigenvalue weighted by Crippen LogP contribution is -2.15. The van der Waals surface area contributed by atoms with Crippen LogP contribution in [0.5, 0.6) is 17.2 Å². The zero-order chi connectivity index (χ0) is 18.0. The number of benzene rings is 2. The summed E-state index contributed by atoms with van der Waals surface area (Å²) in [5.41, 5.74) is -0.142. The first kappa shape index (κ1) is 16.6. The standard InChI is InChI=1S/C19H16O6/c1-22-12-6-4-11(5-7-12)18(20)15-10-14-16(24-3)8-13(23-2)9-17(14)25-19(15)21/h4-10H,1-3H3. The normalized spacial score (nSPS) is 10.5. The molecule has 0 atom stereocenters. The molecular formula is C19H16O6. The van der Waals surface area contributed by atoms with Crippen LogP contribution in [0.4, 0.5) is 0 Å².